The summed E-state index contributed by atoms with van der Waals surface area (Å²) in [6.07, 6.45) is 3.65. The molecule has 2 N–H and O–H groups in total. The number of carbonyl (C=O) groups excluding carboxylic acids is 1. The molecule has 1 amide bonds. The first-order valence-corrected chi connectivity index (χ1v) is 10.2. The van der Waals surface area contributed by atoms with Crippen LogP contribution in [-0.2, 0) is 0 Å². The normalized spacial score (nSPS) is 16.7. The summed E-state index contributed by atoms with van der Waals surface area (Å²) in [5.74, 6) is 0.503. The van der Waals surface area contributed by atoms with E-state index in [1.54, 1.807) is 19.1 Å². The minimum atomic E-state index is -0.400. The van der Waals surface area contributed by atoms with Crippen molar-refractivity contribution in [2.45, 2.75) is 31.8 Å². The highest BCUT2D eigenvalue weighted by molar-refractivity contribution is 5.97. The van der Waals surface area contributed by atoms with E-state index in [0.29, 0.717) is 29.1 Å². The highest BCUT2D eigenvalue weighted by atomic mass is 16.4. The highest BCUT2D eigenvalue weighted by Crippen LogP contribution is 2.31. The van der Waals surface area contributed by atoms with E-state index in [1.165, 1.54) is 0 Å². The monoisotopic (exact) mass is 413 g/mol. The Hall–Kier alpha value is -3.76. The van der Waals surface area contributed by atoms with Gasteiger partial charge in [0.25, 0.3) is 5.91 Å². The minimum Gasteiger partial charge on any atom is -0.419 e. The molecular formula is C24H23N5O2. The Bertz CT molecular complexity index is 1170. The fourth-order valence-corrected chi connectivity index (χ4v) is 3.85. The van der Waals surface area contributed by atoms with Crippen molar-refractivity contribution in [1.82, 2.24) is 15.1 Å². The zero-order chi connectivity index (χ0) is 22.0. The average Bonchev–Trinajstić information content (AvgIpc) is 3.48. The molecule has 1 aliphatic heterocycles. The summed E-state index contributed by atoms with van der Waals surface area (Å²) in [7, 11) is 0. The molecule has 4 rings (SSSR count). The quantitative estimate of drug-likeness (QED) is 0.631. The molecule has 0 saturated carbocycles. The van der Waals surface area contributed by atoms with E-state index in [1.807, 2.05) is 41.3 Å². The van der Waals surface area contributed by atoms with Gasteiger partial charge in [0.15, 0.2) is 0 Å². The maximum atomic E-state index is 13.4. The lowest BCUT2D eigenvalue weighted by Crippen LogP contribution is -2.34. The van der Waals surface area contributed by atoms with Crippen molar-refractivity contribution in [1.29, 1.82) is 5.26 Å². The predicted molar refractivity (Wildman–Crippen MR) is 117 cm³/mol. The number of hydrogen-bond acceptors (Lipinski definition) is 6. The van der Waals surface area contributed by atoms with Gasteiger partial charge in [-0.05, 0) is 55.2 Å². The van der Waals surface area contributed by atoms with Crippen LogP contribution in [0.1, 0.15) is 47.6 Å². The molecule has 0 bridgehead atoms. The lowest BCUT2D eigenvalue weighted by atomic mass is 9.96. The Kier molecular flexibility index (Phi) is 5.65. The van der Waals surface area contributed by atoms with Crippen molar-refractivity contribution in [3.8, 4) is 28.7 Å². The summed E-state index contributed by atoms with van der Waals surface area (Å²) in [6, 6.07) is 14.5. The van der Waals surface area contributed by atoms with Crippen LogP contribution in [0.25, 0.3) is 22.6 Å². The van der Waals surface area contributed by atoms with Gasteiger partial charge in [-0.2, -0.15) is 5.26 Å². The van der Waals surface area contributed by atoms with E-state index in [-0.39, 0.29) is 17.8 Å². The van der Waals surface area contributed by atoms with Gasteiger partial charge >= 0.3 is 0 Å². The van der Waals surface area contributed by atoms with Crippen LogP contribution in [0.2, 0.25) is 0 Å². The van der Waals surface area contributed by atoms with Gasteiger partial charge in [-0.1, -0.05) is 24.3 Å². The van der Waals surface area contributed by atoms with E-state index < -0.39 is 6.04 Å². The van der Waals surface area contributed by atoms with Gasteiger partial charge in [0.1, 0.15) is 0 Å². The molecule has 3 aromatic rings. The predicted octanol–water partition coefficient (Wildman–Crippen LogP) is 4.09. The van der Waals surface area contributed by atoms with Gasteiger partial charge in [-0.25, -0.2) is 0 Å². The molecule has 7 nitrogen and oxygen atoms in total. The third-order valence-corrected chi connectivity index (χ3v) is 5.45. The van der Waals surface area contributed by atoms with Crippen LogP contribution in [0.15, 0.2) is 59.5 Å². The molecule has 1 fully saturated rings. The fourth-order valence-electron chi connectivity index (χ4n) is 3.85. The summed E-state index contributed by atoms with van der Waals surface area (Å²) in [5.41, 5.74) is 8.93. The first kappa shape index (κ1) is 20.5. The summed E-state index contributed by atoms with van der Waals surface area (Å²) in [5, 5.41) is 17.7. The first-order chi connectivity index (χ1) is 15.0. The molecule has 0 radical (unpaired) electrons. The molecule has 2 unspecified atom stereocenters. The molecule has 7 heteroatoms. The van der Waals surface area contributed by atoms with Crippen LogP contribution < -0.4 is 5.73 Å². The Balaban J connectivity index is 1.85. The smallest absolute Gasteiger partial charge is 0.254 e. The number of nitrogens with two attached hydrogens (primary N) is 1. The summed E-state index contributed by atoms with van der Waals surface area (Å²) < 4.78 is 5.73. The van der Waals surface area contributed by atoms with Crippen molar-refractivity contribution in [3.05, 3.63) is 72.1 Å². The van der Waals surface area contributed by atoms with Gasteiger partial charge in [0.2, 0.25) is 11.8 Å². The van der Waals surface area contributed by atoms with Gasteiger partial charge in [0.05, 0.1) is 23.7 Å². The van der Waals surface area contributed by atoms with Gasteiger partial charge < -0.3 is 15.1 Å². The molecule has 2 aromatic carbocycles. The molecule has 31 heavy (non-hydrogen) atoms. The second-order valence-electron chi connectivity index (χ2n) is 7.63. The second kappa shape index (κ2) is 8.54. The maximum Gasteiger partial charge on any atom is 0.254 e. The molecule has 1 saturated heterocycles. The number of benzene rings is 2. The number of rotatable bonds is 5. The highest BCUT2D eigenvalue weighted by Gasteiger charge is 2.28. The van der Waals surface area contributed by atoms with Crippen molar-refractivity contribution < 1.29 is 9.21 Å². The largest absolute Gasteiger partial charge is 0.419 e. The zero-order valence-corrected chi connectivity index (χ0v) is 17.3. The number of likely N-dealkylation sites (tertiary alicyclic amines) is 1. The third-order valence-electron chi connectivity index (χ3n) is 5.45. The van der Waals surface area contributed by atoms with Crippen LogP contribution in [0.4, 0.5) is 0 Å². The van der Waals surface area contributed by atoms with E-state index >= 15 is 0 Å². The maximum absolute atomic E-state index is 13.4. The zero-order valence-electron chi connectivity index (χ0n) is 17.3. The van der Waals surface area contributed by atoms with E-state index in [0.717, 1.165) is 24.0 Å². The molecule has 1 aromatic heterocycles. The van der Waals surface area contributed by atoms with Gasteiger partial charge in [-0.15, -0.1) is 16.8 Å². The first-order valence-electron chi connectivity index (χ1n) is 10.2. The van der Waals surface area contributed by atoms with Crippen molar-refractivity contribution in [2.75, 3.05) is 6.54 Å². The molecule has 2 heterocycles. The Morgan fingerprint density at radius 3 is 2.81 bits per heavy atom. The van der Waals surface area contributed by atoms with Gasteiger partial charge in [0, 0.05) is 17.7 Å². The Labute approximate surface area is 180 Å². The molecule has 0 aliphatic carbocycles. The second-order valence-corrected chi connectivity index (χ2v) is 7.63. The Morgan fingerprint density at radius 2 is 2.10 bits per heavy atom. The van der Waals surface area contributed by atoms with Crippen LogP contribution in [0.5, 0.6) is 0 Å². The summed E-state index contributed by atoms with van der Waals surface area (Å²) in [4.78, 5) is 15.2. The summed E-state index contributed by atoms with van der Waals surface area (Å²) in [6.45, 7) is 6.30. The minimum absolute atomic E-state index is 0.0131. The number of aromatic nitrogens is 2. The topological polar surface area (TPSA) is 109 Å². The Morgan fingerprint density at radius 1 is 1.32 bits per heavy atom. The number of nitriles is 1. The van der Waals surface area contributed by atoms with Crippen molar-refractivity contribution in [2.24, 2.45) is 5.73 Å². The van der Waals surface area contributed by atoms with Crippen molar-refractivity contribution in [3.63, 3.8) is 0 Å². The number of amides is 1. The van der Waals surface area contributed by atoms with E-state index in [9.17, 15) is 10.1 Å². The third kappa shape index (κ3) is 3.98. The van der Waals surface area contributed by atoms with E-state index in [2.05, 4.69) is 22.8 Å². The molecule has 0 spiro atoms. The van der Waals surface area contributed by atoms with Gasteiger partial charge in [-0.3, -0.25) is 4.79 Å². The van der Waals surface area contributed by atoms with Crippen LogP contribution in [0.3, 0.4) is 0 Å². The number of nitrogens with zero attached hydrogens (tertiary/aromatic N) is 4. The molecule has 156 valence electrons. The molecule has 2 atom stereocenters. The standard InChI is InChI=1S/C24H23N5O2/c1-3-20-8-6-10-29(20)24(30)19-12-17(21-9-5-4-7-16(21)14-25)11-18(13-19)23-28-27-22(31-23)15(2)26/h3-5,7,9,11-13,15,20H,1,6,8,10,26H2,2H3. The SMILES string of the molecule is C=CC1CCCN1C(=O)c1cc(-c2nnc(C(C)N)o2)cc(-c2ccccc2C#N)c1. The van der Waals surface area contributed by atoms with Crippen LogP contribution >= 0.6 is 0 Å². The summed E-state index contributed by atoms with van der Waals surface area (Å²) >= 11 is 0. The number of hydrogen-bond donors (Lipinski definition) is 1. The van der Waals surface area contributed by atoms with Crippen molar-refractivity contribution >= 4 is 5.91 Å². The van der Waals surface area contributed by atoms with Crippen LogP contribution in [-0.4, -0.2) is 33.6 Å². The lowest BCUT2D eigenvalue weighted by molar-refractivity contribution is 0.0762. The van der Waals surface area contributed by atoms with Crippen LogP contribution in [0, 0.1) is 11.3 Å². The fraction of sp³-hybridized carbons (Fsp3) is 0.250. The van der Waals surface area contributed by atoms with E-state index in [4.69, 9.17) is 10.2 Å². The average molecular weight is 413 g/mol. The molecule has 1 aliphatic rings. The molecular weight excluding hydrogens is 390 g/mol. The number of carbonyl (C=O) groups is 1. The lowest BCUT2D eigenvalue weighted by Gasteiger charge is -2.22.